The molecule has 2 aliphatic heterocycles. The van der Waals surface area contributed by atoms with Crippen molar-refractivity contribution in [2.24, 2.45) is 10.9 Å². The summed E-state index contributed by atoms with van der Waals surface area (Å²) >= 11 is 6.13. The summed E-state index contributed by atoms with van der Waals surface area (Å²) in [6.07, 6.45) is 7.19. The highest BCUT2D eigenvalue weighted by molar-refractivity contribution is 6.30. The van der Waals surface area contributed by atoms with Gasteiger partial charge < -0.3 is 4.74 Å². The lowest BCUT2D eigenvalue weighted by atomic mass is 9.91. The van der Waals surface area contributed by atoms with Crippen LogP contribution < -0.4 is 4.74 Å². The Morgan fingerprint density at radius 3 is 2.81 bits per heavy atom. The third-order valence-electron chi connectivity index (χ3n) is 4.97. The summed E-state index contributed by atoms with van der Waals surface area (Å²) in [5.74, 6) is 1.19. The number of aliphatic imine (C=N–C) groups is 1. The fourth-order valence-electron chi connectivity index (χ4n) is 3.60. The van der Waals surface area contributed by atoms with E-state index in [1.54, 1.807) is 12.4 Å². The van der Waals surface area contributed by atoms with Crippen molar-refractivity contribution in [2.75, 3.05) is 6.61 Å². The van der Waals surface area contributed by atoms with Crippen LogP contribution in [0.5, 0.6) is 5.75 Å². The van der Waals surface area contributed by atoms with Crippen LogP contribution in [0.15, 0.2) is 60.0 Å². The van der Waals surface area contributed by atoms with E-state index in [4.69, 9.17) is 21.3 Å². The van der Waals surface area contributed by atoms with Crippen molar-refractivity contribution in [3.8, 4) is 16.9 Å². The molecule has 0 radical (unpaired) electrons. The van der Waals surface area contributed by atoms with Crippen LogP contribution in [0.25, 0.3) is 11.1 Å². The number of nitrogens with zero attached hydrogens (tertiary/aromatic N) is 3. The lowest BCUT2D eigenvalue weighted by Gasteiger charge is -2.25. The van der Waals surface area contributed by atoms with Crippen molar-refractivity contribution in [3.63, 3.8) is 0 Å². The molecule has 0 N–H and O–H groups in total. The number of benzene rings is 1. The second kappa shape index (κ2) is 6.22. The molecule has 0 bridgehead atoms. The van der Waals surface area contributed by atoms with Gasteiger partial charge in [0.1, 0.15) is 5.75 Å². The Morgan fingerprint density at radius 1 is 1.04 bits per heavy atom. The molecule has 128 valence electrons. The molecule has 0 fully saturated rings. The molecule has 1 atom stereocenters. The van der Waals surface area contributed by atoms with E-state index in [0.29, 0.717) is 6.61 Å². The van der Waals surface area contributed by atoms with Gasteiger partial charge in [-0.15, -0.1) is 0 Å². The Kier molecular flexibility index (Phi) is 3.71. The van der Waals surface area contributed by atoms with Crippen molar-refractivity contribution >= 4 is 23.0 Å². The maximum Gasteiger partial charge on any atom is 0.122 e. The van der Waals surface area contributed by atoms with Gasteiger partial charge in [0, 0.05) is 47.2 Å². The van der Waals surface area contributed by atoms with Crippen molar-refractivity contribution in [2.45, 2.75) is 12.8 Å². The Bertz CT molecular complexity index is 1020. The standard InChI is InChI=1S/C21H16ClN3O/c22-17-1-2-21-14(8-17)7-16(12-26-21)18-10-19-20(25-18)9-15(11-24-19)13-3-5-23-6-4-13/h1-6,8-9,11,16H,7,10,12H2. The SMILES string of the molecule is Clc1ccc2c(c1)CC(C1=Nc3cc(-c4ccncc4)cnc3C1)CO2. The van der Waals surface area contributed by atoms with Gasteiger partial charge in [-0.1, -0.05) is 11.6 Å². The third-order valence-corrected chi connectivity index (χ3v) is 5.21. The molecule has 2 aliphatic rings. The van der Waals surface area contributed by atoms with Crippen molar-refractivity contribution in [1.29, 1.82) is 0 Å². The minimum Gasteiger partial charge on any atom is -0.493 e. The maximum absolute atomic E-state index is 6.13. The van der Waals surface area contributed by atoms with E-state index >= 15 is 0 Å². The predicted octanol–water partition coefficient (Wildman–Crippen LogP) is 4.68. The Hall–Kier alpha value is -2.72. The molecule has 0 amide bonds. The molecule has 2 aromatic heterocycles. The van der Waals surface area contributed by atoms with Crippen LogP contribution in [0.2, 0.25) is 5.02 Å². The van der Waals surface area contributed by atoms with Crippen LogP contribution in [-0.2, 0) is 12.8 Å². The number of pyridine rings is 2. The number of halogens is 1. The molecule has 5 rings (SSSR count). The largest absolute Gasteiger partial charge is 0.493 e. The number of aromatic nitrogens is 2. The van der Waals surface area contributed by atoms with E-state index < -0.39 is 0 Å². The van der Waals surface area contributed by atoms with Gasteiger partial charge in [0.15, 0.2) is 0 Å². The maximum atomic E-state index is 6.13. The smallest absolute Gasteiger partial charge is 0.122 e. The van der Waals surface area contributed by atoms with Gasteiger partial charge in [0.25, 0.3) is 0 Å². The van der Waals surface area contributed by atoms with E-state index in [1.807, 2.05) is 36.5 Å². The zero-order valence-electron chi connectivity index (χ0n) is 14.0. The molecule has 1 aromatic carbocycles. The number of hydrogen-bond donors (Lipinski definition) is 0. The fraction of sp³-hybridized carbons (Fsp3) is 0.190. The zero-order valence-corrected chi connectivity index (χ0v) is 14.8. The van der Waals surface area contributed by atoms with Crippen LogP contribution in [0.1, 0.15) is 11.3 Å². The number of fused-ring (bicyclic) bond motifs is 2. The normalized spacial score (nSPS) is 17.9. The van der Waals surface area contributed by atoms with Crippen molar-refractivity contribution < 1.29 is 4.74 Å². The Balaban J connectivity index is 1.42. The molecule has 4 heterocycles. The highest BCUT2D eigenvalue weighted by Crippen LogP contribution is 2.35. The molecule has 1 unspecified atom stereocenters. The number of ether oxygens (including phenoxy) is 1. The first-order valence-electron chi connectivity index (χ1n) is 8.64. The Morgan fingerprint density at radius 2 is 1.92 bits per heavy atom. The average Bonchev–Trinajstić information content (AvgIpc) is 3.11. The van der Waals surface area contributed by atoms with E-state index in [0.717, 1.165) is 57.4 Å². The number of rotatable bonds is 2. The van der Waals surface area contributed by atoms with E-state index in [-0.39, 0.29) is 5.92 Å². The fourth-order valence-corrected chi connectivity index (χ4v) is 3.79. The van der Waals surface area contributed by atoms with Gasteiger partial charge in [-0.3, -0.25) is 15.0 Å². The zero-order chi connectivity index (χ0) is 17.5. The average molecular weight is 362 g/mol. The summed E-state index contributed by atoms with van der Waals surface area (Å²) in [5.41, 5.74) is 6.46. The van der Waals surface area contributed by atoms with Crippen LogP contribution in [-0.4, -0.2) is 22.3 Å². The van der Waals surface area contributed by atoms with E-state index in [2.05, 4.69) is 16.0 Å². The van der Waals surface area contributed by atoms with Gasteiger partial charge in [0.2, 0.25) is 0 Å². The first kappa shape index (κ1) is 15.5. The summed E-state index contributed by atoms with van der Waals surface area (Å²) in [5, 5.41) is 0.744. The van der Waals surface area contributed by atoms with Gasteiger partial charge in [-0.2, -0.15) is 0 Å². The van der Waals surface area contributed by atoms with E-state index in [1.165, 1.54) is 0 Å². The van der Waals surface area contributed by atoms with Crippen LogP contribution >= 0.6 is 11.6 Å². The molecular formula is C21H16ClN3O. The molecule has 3 aromatic rings. The second-order valence-corrected chi connectivity index (χ2v) is 7.11. The molecule has 0 aliphatic carbocycles. The quantitative estimate of drug-likeness (QED) is 0.666. The topological polar surface area (TPSA) is 47.4 Å². The molecule has 0 saturated heterocycles. The minimum absolute atomic E-state index is 0.263. The van der Waals surface area contributed by atoms with Gasteiger partial charge >= 0.3 is 0 Å². The minimum atomic E-state index is 0.263. The lowest BCUT2D eigenvalue weighted by molar-refractivity contribution is 0.258. The predicted molar refractivity (Wildman–Crippen MR) is 102 cm³/mol. The third kappa shape index (κ3) is 2.76. The summed E-state index contributed by atoms with van der Waals surface area (Å²) in [6.45, 7) is 0.651. The van der Waals surface area contributed by atoms with Gasteiger partial charge in [0.05, 0.1) is 18.0 Å². The molecule has 26 heavy (non-hydrogen) atoms. The van der Waals surface area contributed by atoms with Crippen LogP contribution in [0.4, 0.5) is 5.69 Å². The molecular weight excluding hydrogens is 346 g/mol. The molecule has 0 spiro atoms. The highest BCUT2D eigenvalue weighted by atomic mass is 35.5. The first-order valence-corrected chi connectivity index (χ1v) is 9.02. The van der Waals surface area contributed by atoms with Crippen molar-refractivity contribution in [3.05, 3.63) is 71.3 Å². The summed E-state index contributed by atoms with van der Waals surface area (Å²) in [4.78, 5) is 13.6. The van der Waals surface area contributed by atoms with Crippen LogP contribution in [0, 0.1) is 5.92 Å². The summed E-state index contributed by atoms with van der Waals surface area (Å²) < 4.78 is 5.93. The molecule has 5 heteroatoms. The molecule has 0 saturated carbocycles. The molecule has 4 nitrogen and oxygen atoms in total. The summed E-state index contributed by atoms with van der Waals surface area (Å²) in [6, 6.07) is 11.9. The van der Waals surface area contributed by atoms with Gasteiger partial charge in [-0.05, 0) is 53.9 Å². The summed E-state index contributed by atoms with van der Waals surface area (Å²) in [7, 11) is 0. The lowest BCUT2D eigenvalue weighted by Crippen LogP contribution is -2.28. The van der Waals surface area contributed by atoms with E-state index in [9.17, 15) is 0 Å². The Labute approximate surface area is 156 Å². The first-order chi connectivity index (χ1) is 12.8. The van der Waals surface area contributed by atoms with Gasteiger partial charge in [-0.25, -0.2) is 0 Å². The van der Waals surface area contributed by atoms with Crippen LogP contribution in [0.3, 0.4) is 0 Å². The highest BCUT2D eigenvalue weighted by Gasteiger charge is 2.28. The number of hydrogen-bond acceptors (Lipinski definition) is 4. The van der Waals surface area contributed by atoms with Crippen molar-refractivity contribution in [1.82, 2.24) is 9.97 Å². The monoisotopic (exact) mass is 361 g/mol. The second-order valence-electron chi connectivity index (χ2n) is 6.67.